The zero-order valence-corrected chi connectivity index (χ0v) is 13.0. The molecule has 0 spiro atoms. The smallest absolute Gasteiger partial charge is 0.315 e. The van der Waals surface area contributed by atoms with Crippen LogP contribution in [0.4, 0.5) is 0 Å². The summed E-state index contributed by atoms with van der Waals surface area (Å²) in [5.74, 6) is 1.72. The van der Waals surface area contributed by atoms with Gasteiger partial charge in [0, 0.05) is 19.0 Å². The van der Waals surface area contributed by atoms with E-state index in [0.29, 0.717) is 19.6 Å². The van der Waals surface area contributed by atoms with Gasteiger partial charge in [0.25, 0.3) is 0 Å². The molecule has 0 saturated carbocycles. The molecule has 2 aliphatic rings. The number of carboxylic acids is 1. The Kier molecular flexibility index (Phi) is 3.20. The average molecular weight is 313 g/mol. The molecule has 5 heteroatoms. The second-order valence-electron chi connectivity index (χ2n) is 6.52. The van der Waals surface area contributed by atoms with Gasteiger partial charge >= 0.3 is 5.97 Å². The standard InChI is InChI=1S/C18H19NO4/c1-12-6-7-13(23-12)8-19-9-15-14-4-2-3-5-16(14)22-11-18(15,10-19)17(20)21/h2-7,15H,8-11H2,1H3,(H,20,21). The van der Waals surface area contributed by atoms with Gasteiger partial charge in [0.2, 0.25) is 0 Å². The number of furan rings is 1. The number of carboxylic acid groups (broad SMARTS) is 1. The third-order valence-electron chi connectivity index (χ3n) is 4.99. The number of aliphatic carboxylic acids is 1. The van der Waals surface area contributed by atoms with E-state index in [1.165, 1.54) is 0 Å². The summed E-state index contributed by atoms with van der Waals surface area (Å²) in [7, 11) is 0. The molecule has 5 nitrogen and oxygen atoms in total. The first-order chi connectivity index (χ1) is 11.1. The number of benzene rings is 1. The predicted octanol–water partition coefficient (Wildman–Crippen LogP) is 2.65. The number of hydrogen-bond acceptors (Lipinski definition) is 4. The zero-order chi connectivity index (χ0) is 16.0. The average Bonchev–Trinajstić information content (AvgIpc) is 3.11. The normalized spacial score (nSPS) is 26.4. The third-order valence-corrected chi connectivity index (χ3v) is 4.99. The van der Waals surface area contributed by atoms with Crippen molar-refractivity contribution in [1.82, 2.24) is 4.90 Å². The maximum absolute atomic E-state index is 12.0. The third kappa shape index (κ3) is 2.23. The van der Waals surface area contributed by atoms with Crippen molar-refractivity contribution in [2.75, 3.05) is 19.7 Å². The molecule has 2 atom stereocenters. The summed E-state index contributed by atoms with van der Waals surface area (Å²) in [5.41, 5.74) is 0.120. The number of hydrogen-bond donors (Lipinski definition) is 1. The maximum Gasteiger partial charge on any atom is 0.315 e. The number of fused-ring (bicyclic) bond motifs is 3. The molecular formula is C18H19NO4. The van der Waals surface area contributed by atoms with E-state index in [4.69, 9.17) is 9.15 Å². The van der Waals surface area contributed by atoms with Crippen LogP contribution in [0.25, 0.3) is 0 Å². The van der Waals surface area contributed by atoms with Crippen molar-refractivity contribution in [3.63, 3.8) is 0 Å². The highest BCUT2D eigenvalue weighted by molar-refractivity contribution is 5.78. The zero-order valence-electron chi connectivity index (χ0n) is 13.0. The first-order valence-electron chi connectivity index (χ1n) is 7.81. The lowest BCUT2D eigenvalue weighted by molar-refractivity contribution is -0.151. The molecular weight excluding hydrogens is 294 g/mol. The highest BCUT2D eigenvalue weighted by Gasteiger charge is 2.56. The molecule has 0 bridgehead atoms. The first kappa shape index (κ1) is 14.3. The number of nitrogens with zero attached hydrogens (tertiary/aromatic N) is 1. The van der Waals surface area contributed by atoms with Crippen molar-refractivity contribution in [2.45, 2.75) is 19.4 Å². The van der Waals surface area contributed by atoms with Gasteiger partial charge in [-0.2, -0.15) is 0 Å². The maximum atomic E-state index is 12.0. The summed E-state index contributed by atoms with van der Waals surface area (Å²) >= 11 is 0. The van der Waals surface area contributed by atoms with Crippen LogP contribution in [0.15, 0.2) is 40.8 Å². The minimum atomic E-state index is -0.879. The van der Waals surface area contributed by atoms with Gasteiger partial charge in [0.15, 0.2) is 0 Å². The molecule has 3 heterocycles. The van der Waals surface area contributed by atoms with Crippen LogP contribution in [0.2, 0.25) is 0 Å². The fourth-order valence-corrected chi connectivity index (χ4v) is 3.84. The Morgan fingerprint density at radius 3 is 2.91 bits per heavy atom. The molecule has 1 saturated heterocycles. The van der Waals surface area contributed by atoms with E-state index in [9.17, 15) is 9.90 Å². The van der Waals surface area contributed by atoms with Crippen molar-refractivity contribution >= 4 is 5.97 Å². The molecule has 120 valence electrons. The summed E-state index contributed by atoms with van der Waals surface area (Å²) in [6.45, 7) is 3.93. The second-order valence-corrected chi connectivity index (χ2v) is 6.52. The van der Waals surface area contributed by atoms with Gasteiger partial charge in [0.1, 0.15) is 29.3 Å². The van der Waals surface area contributed by atoms with Gasteiger partial charge in [0.05, 0.1) is 6.54 Å². The number of para-hydroxylation sites is 1. The Morgan fingerprint density at radius 1 is 1.35 bits per heavy atom. The summed E-state index contributed by atoms with van der Waals surface area (Å²) in [6, 6.07) is 11.7. The lowest BCUT2D eigenvalue weighted by Gasteiger charge is -2.35. The van der Waals surface area contributed by atoms with Crippen LogP contribution in [0, 0.1) is 12.3 Å². The molecule has 1 aromatic carbocycles. The van der Waals surface area contributed by atoms with Crippen LogP contribution < -0.4 is 4.74 Å². The van der Waals surface area contributed by atoms with Gasteiger partial charge in [-0.3, -0.25) is 9.69 Å². The summed E-state index contributed by atoms with van der Waals surface area (Å²) in [6.07, 6.45) is 0. The molecule has 2 aliphatic heterocycles. The summed E-state index contributed by atoms with van der Waals surface area (Å²) < 4.78 is 11.4. The van der Waals surface area contributed by atoms with Crippen molar-refractivity contribution < 1.29 is 19.1 Å². The second kappa shape index (κ2) is 5.13. The molecule has 1 N–H and O–H groups in total. The van der Waals surface area contributed by atoms with Crippen LogP contribution in [-0.4, -0.2) is 35.7 Å². The van der Waals surface area contributed by atoms with Crippen molar-refractivity contribution in [2.24, 2.45) is 5.41 Å². The van der Waals surface area contributed by atoms with Gasteiger partial charge < -0.3 is 14.3 Å². The monoisotopic (exact) mass is 313 g/mol. The lowest BCUT2D eigenvalue weighted by Crippen LogP contribution is -2.45. The Balaban J connectivity index is 1.66. The van der Waals surface area contributed by atoms with Gasteiger partial charge in [-0.05, 0) is 30.7 Å². The Labute approximate surface area is 134 Å². The largest absolute Gasteiger partial charge is 0.492 e. The highest BCUT2D eigenvalue weighted by atomic mass is 16.5. The van der Waals surface area contributed by atoms with Gasteiger partial charge in [-0.1, -0.05) is 18.2 Å². The Hall–Kier alpha value is -2.27. The topological polar surface area (TPSA) is 62.9 Å². The number of rotatable bonds is 3. The SMILES string of the molecule is Cc1ccc(CN2CC3c4ccccc4OCC3(C(=O)O)C2)o1. The molecule has 4 rings (SSSR count). The number of aryl methyl sites for hydroxylation is 1. The van der Waals surface area contributed by atoms with E-state index >= 15 is 0 Å². The molecule has 0 amide bonds. The fraction of sp³-hybridized carbons (Fsp3) is 0.389. The molecule has 1 fully saturated rings. The minimum Gasteiger partial charge on any atom is -0.492 e. The molecule has 2 aromatic rings. The van der Waals surface area contributed by atoms with E-state index in [1.54, 1.807) is 0 Å². The summed E-state index contributed by atoms with van der Waals surface area (Å²) in [4.78, 5) is 14.2. The van der Waals surface area contributed by atoms with Crippen LogP contribution >= 0.6 is 0 Å². The Bertz CT molecular complexity index is 753. The minimum absolute atomic E-state index is 0.0546. The molecule has 0 aliphatic carbocycles. The van der Waals surface area contributed by atoms with Gasteiger partial charge in [-0.25, -0.2) is 0 Å². The fourth-order valence-electron chi connectivity index (χ4n) is 3.84. The number of carbonyl (C=O) groups is 1. The lowest BCUT2D eigenvalue weighted by atomic mass is 9.73. The quantitative estimate of drug-likeness (QED) is 0.944. The van der Waals surface area contributed by atoms with Crippen LogP contribution in [0.1, 0.15) is 23.0 Å². The van der Waals surface area contributed by atoms with E-state index in [1.807, 2.05) is 43.3 Å². The summed E-state index contributed by atoms with van der Waals surface area (Å²) in [5, 5.41) is 9.88. The van der Waals surface area contributed by atoms with E-state index < -0.39 is 11.4 Å². The number of ether oxygens (including phenoxy) is 1. The van der Waals surface area contributed by atoms with E-state index in [2.05, 4.69) is 4.90 Å². The molecule has 23 heavy (non-hydrogen) atoms. The van der Waals surface area contributed by atoms with Crippen molar-refractivity contribution in [3.8, 4) is 5.75 Å². The molecule has 2 unspecified atom stereocenters. The Morgan fingerprint density at radius 2 is 2.17 bits per heavy atom. The first-order valence-corrected chi connectivity index (χ1v) is 7.81. The van der Waals surface area contributed by atoms with Gasteiger partial charge in [-0.15, -0.1) is 0 Å². The van der Waals surface area contributed by atoms with Crippen molar-refractivity contribution in [1.29, 1.82) is 0 Å². The number of likely N-dealkylation sites (tertiary alicyclic amines) is 1. The predicted molar refractivity (Wildman–Crippen MR) is 83.5 cm³/mol. The van der Waals surface area contributed by atoms with Crippen LogP contribution in [0.3, 0.4) is 0 Å². The van der Waals surface area contributed by atoms with Crippen LogP contribution in [-0.2, 0) is 11.3 Å². The highest BCUT2D eigenvalue weighted by Crippen LogP contribution is 2.49. The van der Waals surface area contributed by atoms with E-state index in [-0.39, 0.29) is 12.5 Å². The van der Waals surface area contributed by atoms with Crippen molar-refractivity contribution in [3.05, 3.63) is 53.5 Å². The molecule has 0 radical (unpaired) electrons. The van der Waals surface area contributed by atoms with E-state index in [0.717, 1.165) is 22.8 Å². The van der Waals surface area contributed by atoms with Crippen LogP contribution in [0.5, 0.6) is 5.75 Å². The molecule has 1 aromatic heterocycles.